The fraction of sp³-hybridized carbons (Fsp3) is 0.450. The summed E-state index contributed by atoms with van der Waals surface area (Å²) in [4.78, 5) is 29.0. The van der Waals surface area contributed by atoms with Gasteiger partial charge in [-0.15, -0.1) is 11.6 Å². The van der Waals surface area contributed by atoms with E-state index in [1.165, 1.54) is 16.2 Å². The molecule has 1 aromatic rings. The molecule has 2 heterocycles. The van der Waals surface area contributed by atoms with Crippen LogP contribution in [0.4, 0.5) is 5.69 Å². The second-order valence-electron chi connectivity index (χ2n) is 6.92. The summed E-state index contributed by atoms with van der Waals surface area (Å²) in [7, 11) is 0. The van der Waals surface area contributed by atoms with Crippen LogP contribution in [0.2, 0.25) is 0 Å². The molecule has 5 nitrogen and oxygen atoms in total. The molecule has 0 saturated carbocycles. The van der Waals surface area contributed by atoms with E-state index in [0.717, 1.165) is 37.9 Å². The van der Waals surface area contributed by atoms with Gasteiger partial charge in [0.25, 0.3) is 11.8 Å². The number of amides is 2. The first-order chi connectivity index (χ1) is 13.0. The number of rotatable bonds is 6. The molecular formula is C20H24ClN3O2S. The molecule has 27 heavy (non-hydrogen) atoms. The topological polar surface area (TPSA) is 52.7 Å². The second-order valence-corrected chi connectivity index (χ2v) is 7.68. The molecule has 1 fully saturated rings. The van der Waals surface area contributed by atoms with Crippen LogP contribution in [-0.4, -0.2) is 46.8 Å². The summed E-state index contributed by atoms with van der Waals surface area (Å²) in [6.07, 6.45) is 4.33. The molecule has 0 aliphatic carbocycles. The van der Waals surface area contributed by atoms with Gasteiger partial charge in [0.1, 0.15) is 5.57 Å². The lowest BCUT2D eigenvalue weighted by atomic mass is 10.0. The maximum absolute atomic E-state index is 12.8. The van der Waals surface area contributed by atoms with Crippen molar-refractivity contribution >= 4 is 52.5 Å². The summed E-state index contributed by atoms with van der Waals surface area (Å²) >= 11 is 11.0. The van der Waals surface area contributed by atoms with Crippen molar-refractivity contribution in [3.8, 4) is 0 Å². The molecule has 2 aliphatic heterocycles. The zero-order chi connectivity index (χ0) is 19.6. The second kappa shape index (κ2) is 8.40. The van der Waals surface area contributed by atoms with E-state index in [-0.39, 0.29) is 22.6 Å². The van der Waals surface area contributed by atoms with Gasteiger partial charge in [0.15, 0.2) is 5.11 Å². The third-order valence-electron chi connectivity index (χ3n) is 5.13. The van der Waals surface area contributed by atoms with E-state index >= 15 is 0 Å². The van der Waals surface area contributed by atoms with Crippen LogP contribution in [0.25, 0.3) is 6.08 Å². The maximum Gasteiger partial charge on any atom is 0.265 e. The molecule has 144 valence electrons. The summed E-state index contributed by atoms with van der Waals surface area (Å²) in [5.74, 6) is -0.113. The van der Waals surface area contributed by atoms with E-state index in [4.69, 9.17) is 23.8 Å². The highest BCUT2D eigenvalue weighted by molar-refractivity contribution is 7.80. The number of hydrogen-bond donors (Lipinski definition) is 1. The van der Waals surface area contributed by atoms with Crippen molar-refractivity contribution in [2.24, 2.45) is 0 Å². The van der Waals surface area contributed by atoms with Crippen LogP contribution >= 0.6 is 23.8 Å². The molecule has 0 bridgehead atoms. The Morgan fingerprint density at radius 2 is 2.15 bits per heavy atom. The number of anilines is 1. The largest absolute Gasteiger partial charge is 0.371 e. The minimum Gasteiger partial charge on any atom is -0.371 e. The molecule has 7 heteroatoms. The lowest BCUT2D eigenvalue weighted by Crippen LogP contribution is -2.56. The number of nitrogens with zero attached hydrogens (tertiary/aromatic N) is 2. The van der Waals surface area contributed by atoms with Crippen LogP contribution < -0.4 is 10.2 Å². The monoisotopic (exact) mass is 405 g/mol. The average molecular weight is 406 g/mol. The fourth-order valence-corrected chi connectivity index (χ4v) is 3.96. The van der Waals surface area contributed by atoms with Gasteiger partial charge < -0.3 is 4.90 Å². The molecule has 1 N–H and O–H groups in total. The standard InChI is InChI=1S/C20H24ClN3O2S/c1-3-13(2)24-19(26)16(18(25)22-20(24)27)12-14-5-6-17-15(11-14)7-10-23(17)9-4-8-21/h5-6,11-13H,3-4,7-10H2,1-2H3,(H,22,25,27)/b16-12+/t13-/m1/s1. The highest BCUT2D eigenvalue weighted by Gasteiger charge is 2.35. The van der Waals surface area contributed by atoms with Crippen molar-refractivity contribution < 1.29 is 9.59 Å². The average Bonchev–Trinajstić information content (AvgIpc) is 3.05. The van der Waals surface area contributed by atoms with Crippen LogP contribution in [0.15, 0.2) is 23.8 Å². The van der Waals surface area contributed by atoms with Gasteiger partial charge in [-0.05, 0) is 67.7 Å². The van der Waals surface area contributed by atoms with E-state index in [2.05, 4.69) is 22.3 Å². The Balaban J connectivity index is 1.86. The van der Waals surface area contributed by atoms with E-state index in [0.29, 0.717) is 5.88 Å². The number of alkyl halides is 1. The molecule has 1 saturated heterocycles. The number of fused-ring (bicyclic) bond motifs is 1. The number of carbonyl (C=O) groups excluding carboxylic acids is 2. The quantitative estimate of drug-likeness (QED) is 0.342. The Hall–Kier alpha value is -1.92. The number of benzene rings is 1. The molecule has 1 atom stereocenters. The van der Waals surface area contributed by atoms with Crippen molar-refractivity contribution in [1.82, 2.24) is 10.2 Å². The van der Waals surface area contributed by atoms with E-state index in [1.54, 1.807) is 6.08 Å². The molecule has 0 aromatic heterocycles. The minimum absolute atomic E-state index is 0.0653. The van der Waals surface area contributed by atoms with Gasteiger partial charge in [-0.2, -0.15) is 0 Å². The molecule has 2 aliphatic rings. The first kappa shape index (κ1) is 19.8. The Bertz CT molecular complexity index is 808. The molecule has 2 amide bonds. The Labute approximate surface area is 170 Å². The first-order valence-electron chi connectivity index (χ1n) is 9.30. The van der Waals surface area contributed by atoms with Crippen molar-refractivity contribution in [1.29, 1.82) is 0 Å². The molecule has 0 radical (unpaired) electrons. The zero-order valence-electron chi connectivity index (χ0n) is 15.6. The lowest BCUT2D eigenvalue weighted by Gasteiger charge is -2.33. The summed E-state index contributed by atoms with van der Waals surface area (Å²) in [5, 5.41) is 2.82. The smallest absolute Gasteiger partial charge is 0.265 e. The summed E-state index contributed by atoms with van der Waals surface area (Å²) in [6, 6.07) is 6.01. The highest BCUT2D eigenvalue weighted by atomic mass is 35.5. The van der Waals surface area contributed by atoms with E-state index in [1.807, 2.05) is 19.9 Å². The van der Waals surface area contributed by atoms with Crippen molar-refractivity contribution in [2.75, 3.05) is 23.9 Å². The van der Waals surface area contributed by atoms with Crippen molar-refractivity contribution in [3.05, 3.63) is 34.9 Å². The van der Waals surface area contributed by atoms with Gasteiger partial charge in [0.2, 0.25) is 0 Å². The number of halogens is 1. The van der Waals surface area contributed by atoms with Crippen molar-refractivity contribution in [2.45, 2.75) is 39.2 Å². The normalized spacial score (nSPS) is 19.5. The first-order valence-corrected chi connectivity index (χ1v) is 10.2. The van der Waals surface area contributed by atoms with Crippen LogP contribution in [0, 0.1) is 0 Å². The van der Waals surface area contributed by atoms with E-state index in [9.17, 15) is 9.59 Å². The minimum atomic E-state index is -0.436. The summed E-state index contributed by atoms with van der Waals surface area (Å²) < 4.78 is 0. The lowest BCUT2D eigenvalue weighted by molar-refractivity contribution is -0.130. The molecule has 0 unspecified atom stereocenters. The predicted octanol–water partition coefficient (Wildman–Crippen LogP) is 3.10. The SMILES string of the molecule is CC[C@@H](C)N1C(=O)/C(=C/c2ccc3c(c2)CCN3CCCCl)C(=O)NC1=S. The van der Waals surface area contributed by atoms with Gasteiger partial charge in [-0.25, -0.2) is 0 Å². The third-order valence-corrected chi connectivity index (χ3v) is 5.70. The summed E-state index contributed by atoms with van der Waals surface area (Å²) in [6.45, 7) is 5.82. The van der Waals surface area contributed by atoms with Gasteiger partial charge >= 0.3 is 0 Å². The van der Waals surface area contributed by atoms with Gasteiger partial charge in [-0.3, -0.25) is 19.8 Å². The number of carbonyl (C=O) groups is 2. The fourth-order valence-electron chi connectivity index (χ4n) is 3.48. The van der Waals surface area contributed by atoms with Crippen LogP contribution in [0.1, 0.15) is 37.8 Å². The maximum atomic E-state index is 12.8. The Morgan fingerprint density at radius 1 is 1.37 bits per heavy atom. The van der Waals surface area contributed by atoms with Crippen LogP contribution in [0.3, 0.4) is 0 Å². The van der Waals surface area contributed by atoms with Gasteiger partial charge in [0, 0.05) is 30.7 Å². The predicted molar refractivity (Wildman–Crippen MR) is 113 cm³/mol. The number of nitrogens with one attached hydrogen (secondary N) is 1. The number of hydrogen-bond acceptors (Lipinski definition) is 4. The molecular weight excluding hydrogens is 382 g/mol. The molecule has 3 rings (SSSR count). The highest BCUT2D eigenvalue weighted by Crippen LogP contribution is 2.30. The third kappa shape index (κ3) is 4.01. The van der Waals surface area contributed by atoms with E-state index < -0.39 is 5.91 Å². The zero-order valence-corrected chi connectivity index (χ0v) is 17.2. The Morgan fingerprint density at radius 3 is 2.85 bits per heavy atom. The van der Waals surface area contributed by atoms with Crippen LogP contribution in [0.5, 0.6) is 0 Å². The number of thiocarbonyl (C=S) groups is 1. The molecule has 1 aromatic carbocycles. The Kier molecular flexibility index (Phi) is 6.17. The van der Waals surface area contributed by atoms with Crippen molar-refractivity contribution in [3.63, 3.8) is 0 Å². The van der Waals surface area contributed by atoms with Crippen LogP contribution in [-0.2, 0) is 16.0 Å². The van der Waals surface area contributed by atoms with Gasteiger partial charge in [0.05, 0.1) is 0 Å². The van der Waals surface area contributed by atoms with Gasteiger partial charge in [-0.1, -0.05) is 13.0 Å². The molecule has 0 spiro atoms. The summed E-state index contributed by atoms with van der Waals surface area (Å²) in [5.41, 5.74) is 3.42.